The van der Waals surface area contributed by atoms with Gasteiger partial charge in [-0.2, -0.15) is 0 Å². The Kier molecular flexibility index (Phi) is 10.1. The van der Waals surface area contributed by atoms with Gasteiger partial charge in [0.05, 0.1) is 0 Å². The highest BCUT2D eigenvalue weighted by molar-refractivity contribution is 8.22. The lowest BCUT2D eigenvalue weighted by Gasteiger charge is -2.31. The van der Waals surface area contributed by atoms with E-state index in [9.17, 15) is 19.2 Å². The summed E-state index contributed by atoms with van der Waals surface area (Å²) in [7, 11) is 6.33. The van der Waals surface area contributed by atoms with Crippen LogP contribution in [0.3, 0.4) is 0 Å². The number of thioether (sulfide) groups is 4. The molecule has 0 atom stereocenters. The number of fused-ring (bicyclic) bond motifs is 6. The third-order valence-electron chi connectivity index (χ3n) is 9.24. The van der Waals surface area contributed by atoms with Gasteiger partial charge in [-0.3, -0.25) is 38.8 Å². The van der Waals surface area contributed by atoms with Crippen molar-refractivity contribution in [2.75, 3.05) is 53.2 Å². The van der Waals surface area contributed by atoms with Crippen LogP contribution in [-0.2, 0) is 19.2 Å². The average molecular weight is 839 g/mol. The summed E-state index contributed by atoms with van der Waals surface area (Å²) in [6.45, 7) is 0. The fourth-order valence-corrected chi connectivity index (χ4v) is 12.3. The Labute approximate surface area is 337 Å². The van der Waals surface area contributed by atoms with Gasteiger partial charge in [0.1, 0.15) is 11.1 Å². The highest BCUT2D eigenvalue weighted by Gasteiger charge is 2.39. The third kappa shape index (κ3) is 5.63. The Bertz CT molecular complexity index is 2120. The number of benzene rings is 1. The maximum absolute atomic E-state index is 13.2. The largest absolute Gasteiger partial charge is 0.288 e. The molecule has 0 spiro atoms. The molecule has 8 nitrogen and oxygen atoms in total. The van der Waals surface area contributed by atoms with E-state index < -0.39 is 23.6 Å². The summed E-state index contributed by atoms with van der Waals surface area (Å²) in [5, 5.41) is 0.352. The van der Waals surface area contributed by atoms with Crippen molar-refractivity contribution in [2.45, 2.75) is 0 Å². The first-order valence-corrected chi connectivity index (χ1v) is 22.9. The molecule has 0 unspecified atom stereocenters. The monoisotopic (exact) mass is 838 g/mol. The van der Waals surface area contributed by atoms with Crippen molar-refractivity contribution in [1.29, 1.82) is 0 Å². The van der Waals surface area contributed by atoms with Gasteiger partial charge in [-0.05, 0) is 97.0 Å². The van der Waals surface area contributed by atoms with E-state index in [2.05, 4.69) is 49.3 Å². The van der Waals surface area contributed by atoms with E-state index in [4.69, 9.17) is 24.4 Å². The second-order valence-corrected chi connectivity index (χ2v) is 18.7. The second-order valence-electron chi connectivity index (χ2n) is 12.0. The topological polar surface area (TPSA) is 81.2 Å². The van der Waals surface area contributed by atoms with Crippen molar-refractivity contribution >= 4 is 151 Å². The number of likely N-dealkylation sites (N-methyl/N-ethyl adjacent to an activating group) is 4. The Morgan fingerprint density at radius 1 is 0.519 bits per heavy atom. The number of thiocarbonyl (C=S) groups is 2. The molecule has 0 saturated carbocycles. The van der Waals surface area contributed by atoms with Gasteiger partial charge >= 0.3 is 0 Å². The quantitative estimate of drug-likeness (QED) is 0.0959. The Morgan fingerprint density at radius 2 is 0.827 bits per heavy atom. The standard InChI is InChI=1S/C36H30N4O4S8/c1-37-29(41)23(30(42)38(2)35(37)45)11-15-9-21-25(33(47-5)48-6)17-14-20-18(13-19(17)27(21)51-15)26(34(49-7)50-8)22-10-16(52-28(20)22)12-24-31(43)39(3)36(46)40(4)32(24)44/h9-14H,1-8H3. The minimum Gasteiger partial charge on any atom is -0.288 e. The van der Waals surface area contributed by atoms with Gasteiger partial charge in [0, 0.05) is 89.6 Å². The normalized spacial score (nSPS) is 16.7. The van der Waals surface area contributed by atoms with Gasteiger partial charge in [-0.25, -0.2) is 0 Å². The lowest BCUT2D eigenvalue weighted by atomic mass is 9.98. The number of hydrogen-bond acceptors (Lipinski definition) is 12. The summed E-state index contributed by atoms with van der Waals surface area (Å²) in [6.07, 6.45) is 11.7. The van der Waals surface area contributed by atoms with E-state index in [1.165, 1.54) is 19.6 Å². The molecule has 7 rings (SSSR count). The van der Waals surface area contributed by atoms with E-state index in [1.54, 1.807) is 110 Å². The first kappa shape index (κ1) is 37.4. The van der Waals surface area contributed by atoms with Gasteiger partial charge < -0.3 is 0 Å². The minimum absolute atomic E-state index is 0.0795. The SMILES string of the molecule is CSC(SC)=C1c2cc3c(cc2-c2sc(C=C4C(=O)N(C)C(=S)N(C)C4=O)cc21)C(=C(SC)SC)c1cc(C=C2C(=O)N(C)C(=S)N(C)C2=O)sc1-3. The number of carbonyl (C=O) groups excluding carboxylic acids is 4. The third-order valence-corrected chi connectivity index (χ3v) is 16.9. The van der Waals surface area contributed by atoms with E-state index in [0.29, 0.717) is 0 Å². The molecule has 2 aliphatic heterocycles. The average Bonchev–Trinajstić information content (AvgIpc) is 3.89. The second kappa shape index (κ2) is 14.0. The van der Waals surface area contributed by atoms with Gasteiger partial charge in [0.25, 0.3) is 23.6 Å². The van der Waals surface area contributed by atoms with E-state index in [0.717, 1.165) is 72.5 Å². The van der Waals surface area contributed by atoms with Crippen molar-refractivity contribution in [3.8, 4) is 20.9 Å². The van der Waals surface area contributed by atoms with Crippen LogP contribution >= 0.6 is 94.2 Å². The highest BCUT2D eigenvalue weighted by atomic mass is 32.2. The van der Waals surface area contributed by atoms with Crippen molar-refractivity contribution < 1.29 is 19.2 Å². The molecular formula is C36H30N4O4S8. The number of carbonyl (C=O) groups is 4. The molecular weight excluding hydrogens is 809 g/mol. The summed E-state index contributed by atoms with van der Waals surface area (Å²) < 4.78 is 2.32. The zero-order valence-electron chi connectivity index (χ0n) is 29.2. The molecule has 4 aliphatic rings. The summed E-state index contributed by atoms with van der Waals surface area (Å²) >= 11 is 20.5. The highest BCUT2D eigenvalue weighted by Crippen LogP contribution is 2.59. The lowest BCUT2D eigenvalue weighted by Crippen LogP contribution is -2.52. The number of thiophene rings is 2. The minimum atomic E-state index is -0.415. The molecule has 52 heavy (non-hydrogen) atoms. The first-order chi connectivity index (χ1) is 24.8. The Balaban J connectivity index is 1.40. The molecule has 266 valence electrons. The Hall–Kier alpha value is -2.96. The van der Waals surface area contributed by atoms with Gasteiger partial charge in [0.15, 0.2) is 10.2 Å². The maximum atomic E-state index is 13.2. The molecule has 4 amide bonds. The number of nitrogens with zero attached hydrogens (tertiary/aromatic N) is 4. The van der Waals surface area contributed by atoms with Crippen LogP contribution in [0.25, 0.3) is 44.2 Å². The molecule has 0 radical (unpaired) electrons. The molecule has 2 aliphatic carbocycles. The molecule has 4 heterocycles. The van der Waals surface area contributed by atoms with Crippen LogP contribution in [0.2, 0.25) is 0 Å². The van der Waals surface area contributed by atoms with E-state index >= 15 is 0 Å². The van der Waals surface area contributed by atoms with E-state index in [-0.39, 0.29) is 21.4 Å². The number of hydrogen-bond donors (Lipinski definition) is 0. The molecule has 0 bridgehead atoms. The molecule has 2 aromatic heterocycles. The van der Waals surface area contributed by atoms with E-state index in [1.807, 2.05) is 0 Å². The predicted molar refractivity (Wildman–Crippen MR) is 231 cm³/mol. The summed E-state index contributed by atoms with van der Waals surface area (Å²) in [6, 6.07) is 8.73. The first-order valence-electron chi connectivity index (χ1n) is 15.5. The number of amides is 4. The van der Waals surface area contributed by atoms with Crippen molar-refractivity contribution in [2.24, 2.45) is 0 Å². The molecule has 16 heteroatoms. The smallest absolute Gasteiger partial charge is 0.265 e. The number of rotatable bonds is 6. The van der Waals surface area contributed by atoms with Crippen molar-refractivity contribution in [1.82, 2.24) is 19.6 Å². The van der Waals surface area contributed by atoms with Gasteiger partial charge in [-0.1, -0.05) is 0 Å². The van der Waals surface area contributed by atoms with Crippen LogP contribution < -0.4 is 0 Å². The van der Waals surface area contributed by atoms with Gasteiger partial charge in [0.2, 0.25) is 0 Å². The fraction of sp³-hybridized carbons (Fsp3) is 0.222. The zero-order valence-corrected chi connectivity index (χ0v) is 35.7. The van der Waals surface area contributed by atoms with Crippen molar-refractivity contribution in [3.63, 3.8) is 0 Å². The zero-order chi connectivity index (χ0) is 37.5. The predicted octanol–water partition coefficient (Wildman–Crippen LogP) is 7.85. The van der Waals surface area contributed by atoms with Crippen LogP contribution in [0, 0.1) is 0 Å². The molecule has 2 fully saturated rings. The fourth-order valence-electron chi connectivity index (χ4n) is 6.66. The van der Waals surface area contributed by atoms with Crippen LogP contribution in [0.1, 0.15) is 32.0 Å². The van der Waals surface area contributed by atoms with Gasteiger partial charge in [-0.15, -0.1) is 69.7 Å². The maximum Gasteiger partial charge on any atom is 0.265 e. The summed E-state index contributed by atoms with van der Waals surface area (Å²) in [4.78, 5) is 61.8. The summed E-state index contributed by atoms with van der Waals surface area (Å²) in [5.41, 5.74) is 9.00. The van der Waals surface area contributed by atoms with Crippen LogP contribution in [0.5, 0.6) is 0 Å². The van der Waals surface area contributed by atoms with Crippen LogP contribution in [-0.4, -0.2) is 107 Å². The molecule has 2 saturated heterocycles. The summed E-state index contributed by atoms with van der Waals surface area (Å²) in [5.74, 6) is -1.66. The lowest BCUT2D eigenvalue weighted by molar-refractivity contribution is -0.133. The molecule has 3 aromatic rings. The van der Waals surface area contributed by atoms with Crippen LogP contribution in [0.4, 0.5) is 0 Å². The van der Waals surface area contributed by atoms with Crippen LogP contribution in [0.15, 0.2) is 43.9 Å². The Morgan fingerprint density at radius 3 is 1.12 bits per heavy atom. The molecule has 0 N–H and O–H groups in total. The molecule has 1 aromatic carbocycles. The van der Waals surface area contributed by atoms with Crippen molar-refractivity contribution in [3.05, 3.63) is 75.9 Å².